The Morgan fingerprint density at radius 3 is 2.81 bits per heavy atom. The highest BCUT2D eigenvalue weighted by atomic mass is 32.2. The Morgan fingerprint density at radius 2 is 2.19 bits per heavy atom. The van der Waals surface area contributed by atoms with Gasteiger partial charge in [-0.1, -0.05) is 25.1 Å². The smallest absolute Gasteiger partial charge is 0.0719 e. The van der Waals surface area contributed by atoms with Gasteiger partial charge in [-0.25, -0.2) is 0 Å². The number of nitrogens with one attached hydrogen (secondary N) is 1. The van der Waals surface area contributed by atoms with Gasteiger partial charge in [0.25, 0.3) is 0 Å². The number of aliphatic hydroxyl groups excluding tert-OH is 1. The third kappa shape index (κ3) is 2.36. The first-order valence-electron chi connectivity index (χ1n) is 5.82. The van der Waals surface area contributed by atoms with Crippen LogP contribution < -0.4 is 5.32 Å². The van der Waals surface area contributed by atoms with Gasteiger partial charge in [-0.15, -0.1) is 0 Å². The lowest BCUT2D eigenvalue weighted by molar-refractivity contribution is 0.198. The van der Waals surface area contributed by atoms with E-state index in [0.29, 0.717) is 5.25 Å². The van der Waals surface area contributed by atoms with Crippen LogP contribution in [0.25, 0.3) is 0 Å². The van der Waals surface area contributed by atoms with Crippen molar-refractivity contribution < 1.29 is 5.11 Å². The number of hydrogen-bond donors (Lipinski definition) is 2. The summed E-state index contributed by atoms with van der Waals surface area (Å²) in [5.74, 6) is 1.21. The molecule has 1 saturated heterocycles. The molecule has 0 saturated carbocycles. The quantitative estimate of drug-likeness (QED) is 0.848. The molecular weight excluding hydrogens is 218 g/mol. The molecule has 0 aromatic heterocycles. The summed E-state index contributed by atoms with van der Waals surface area (Å²) in [6.45, 7) is 2.41. The van der Waals surface area contributed by atoms with E-state index in [1.165, 1.54) is 12.2 Å². The average molecular weight is 237 g/mol. The van der Waals surface area contributed by atoms with Crippen LogP contribution in [-0.2, 0) is 0 Å². The second-order valence-electron chi connectivity index (χ2n) is 4.42. The summed E-state index contributed by atoms with van der Waals surface area (Å²) in [7, 11) is 0. The van der Waals surface area contributed by atoms with E-state index in [0.717, 1.165) is 12.1 Å². The van der Waals surface area contributed by atoms with Gasteiger partial charge >= 0.3 is 0 Å². The van der Waals surface area contributed by atoms with E-state index in [2.05, 4.69) is 24.4 Å². The van der Waals surface area contributed by atoms with Crippen LogP contribution in [-0.4, -0.2) is 28.3 Å². The van der Waals surface area contributed by atoms with Crippen molar-refractivity contribution >= 4 is 17.4 Å². The average Bonchev–Trinajstić information content (AvgIpc) is 2.34. The summed E-state index contributed by atoms with van der Waals surface area (Å²) >= 11 is 1.95. The zero-order chi connectivity index (χ0) is 11.4. The predicted molar refractivity (Wildman–Crippen MR) is 71.0 cm³/mol. The first-order chi connectivity index (χ1) is 7.77. The molecule has 0 amide bonds. The molecule has 0 aliphatic carbocycles. The molecular formula is C13H19NOS. The standard InChI is InChI=1S/C13H19NOS/c1-11-13(10-15,8-5-9-16-11)14-12-6-3-2-4-7-12/h2-4,6-7,11,14-15H,5,8-10H2,1H3. The van der Waals surface area contributed by atoms with Gasteiger partial charge in [0.05, 0.1) is 12.1 Å². The van der Waals surface area contributed by atoms with Gasteiger partial charge in [0.2, 0.25) is 0 Å². The van der Waals surface area contributed by atoms with Crippen molar-refractivity contribution in [2.24, 2.45) is 0 Å². The molecule has 1 aliphatic heterocycles. The van der Waals surface area contributed by atoms with E-state index >= 15 is 0 Å². The maximum Gasteiger partial charge on any atom is 0.0719 e. The molecule has 1 heterocycles. The lowest BCUT2D eigenvalue weighted by Crippen LogP contribution is -2.51. The number of hydrogen-bond acceptors (Lipinski definition) is 3. The third-order valence-electron chi connectivity index (χ3n) is 3.36. The molecule has 1 fully saturated rings. The van der Waals surface area contributed by atoms with E-state index in [9.17, 15) is 5.11 Å². The van der Waals surface area contributed by atoms with Crippen LogP contribution in [0.1, 0.15) is 19.8 Å². The topological polar surface area (TPSA) is 32.3 Å². The predicted octanol–water partition coefficient (Wildman–Crippen LogP) is 2.75. The van der Waals surface area contributed by atoms with E-state index in [4.69, 9.17) is 0 Å². The molecule has 2 N–H and O–H groups in total. The van der Waals surface area contributed by atoms with Crippen molar-refractivity contribution in [1.29, 1.82) is 0 Å². The van der Waals surface area contributed by atoms with Crippen molar-refractivity contribution in [2.75, 3.05) is 17.7 Å². The molecule has 2 rings (SSSR count). The highest BCUT2D eigenvalue weighted by Crippen LogP contribution is 2.36. The van der Waals surface area contributed by atoms with Crippen LogP contribution in [0.15, 0.2) is 30.3 Å². The molecule has 1 aliphatic rings. The molecule has 16 heavy (non-hydrogen) atoms. The zero-order valence-corrected chi connectivity index (χ0v) is 10.5. The van der Waals surface area contributed by atoms with Gasteiger partial charge in [0.15, 0.2) is 0 Å². The normalized spacial score (nSPS) is 30.0. The van der Waals surface area contributed by atoms with E-state index in [1.807, 2.05) is 30.0 Å². The van der Waals surface area contributed by atoms with Crippen molar-refractivity contribution in [3.05, 3.63) is 30.3 Å². The summed E-state index contributed by atoms with van der Waals surface area (Å²) in [6, 6.07) is 10.2. The minimum atomic E-state index is -0.149. The summed E-state index contributed by atoms with van der Waals surface area (Å²) < 4.78 is 0. The minimum absolute atomic E-state index is 0.149. The molecule has 2 nitrogen and oxygen atoms in total. The maximum atomic E-state index is 9.70. The van der Waals surface area contributed by atoms with Crippen LogP contribution in [0.5, 0.6) is 0 Å². The van der Waals surface area contributed by atoms with Gasteiger partial charge in [0.1, 0.15) is 0 Å². The molecule has 2 unspecified atom stereocenters. The van der Waals surface area contributed by atoms with E-state index in [1.54, 1.807) is 0 Å². The number of benzene rings is 1. The molecule has 1 aromatic rings. The number of aliphatic hydroxyl groups is 1. The molecule has 1 aromatic carbocycles. The number of para-hydroxylation sites is 1. The highest BCUT2D eigenvalue weighted by Gasteiger charge is 2.38. The van der Waals surface area contributed by atoms with Crippen LogP contribution >= 0.6 is 11.8 Å². The molecule has 0 spiro atoms. The van der Waals surface area contributed by atoms with E-state index in [-0.39, 0.29) is 12.1 Å². The van der Waals surface area contributed by atoms with E-state index < -0.39 is 0 Å². The van der Waals surface area contributed by atoms with Crippen molar-refractivity contribution in [2.45, 2.75) is 30.6 Å². The molecule has 88 valence electrons. The Hall–Kier alpha value is -0.670. The first-order valence-corrected chi connectivity index (χ1v) is 6.87. The first kappa shape index (κ1) is 11.8. The number of rotatable bonds is 3. The maximum absolute atomic E-state index is 9.70. The van der Waals surface area contributed by atoms with Crippen LogP contribution in [0.2, 0.25) is 0 Å². The van der Waals surface area contributed by atoms with Gasteiger partial charge in [0, 0.05) is 10.9 Å². The fraction of sp³-hybridized carbons (Fsp3) is 0.538. The van der Waals surface area contributed by atoms with Crippen LogP contribution in [0.4, 0.5) is 5.69 Å². The van der Waals surface area contributed by atoms with Crippen molar-refractivity contribution in [1.82, 2.24) is 0 Å². The number of thioether (sulfide) groups is 1. The Labute approximate surface area is 101 Å². The Balaban J connectivity index is 2.15. The summed E-state index contributed by atoms with van der Waals surface area (Å²) in [6.07, 6.45) is 2.22. The Kier molecular flexibility index (Phi) is 3.77. The molecule has 0 radical (unpaired) electrons. The molecule has 0 bridgehead atoms. The SMILES string of the molecule is CC1SCCCC1(CO)Nc1ccccc1. The Morgan fingerprint density at radius 1 is 1.44 bits per heavy atom. The minimum Gasteiger partial charge on any atom is -0.394 e. The van der Waals surface area contributed by atoms with Gasteiger partial charge in [-0.05, 0) is 30.7 Å². The van der Waals surface area contributed by atoms with Gasteiger partial charge in [-0.3, -0.25) is 0 Å². The lowest BCUT2D eigenvalue weighted by atomic mass is 9.90. The Bertz CT molecular complexity index is 330. The molecule has 3 heteroatoms. The summed E-state index contributed by atoms with van der Waals surface area (Å²) in [4.78, 5) is 0. The zero-order valence-electron chi connectivity index (χ0n) is 9.65. The van der Waals surface area contributed by atoms with Crippen LogP contribution in [0, 0.1) is 0 Å². The monoisotopic (exact) mass is 237 g/mol. The van der Waals surface area contributed by atoms with Gasteiger partial charge in [-0.2, -0.15) is 11.8 Å². The highest BCUT2D eigenvalue weighted by molar-refractivity contribution is 8.00. The summed E-state index contributed by atoms with van der Waals surface area (Å²) in [5.41, 5.74) is 0.954. The second-order valence-corrected chi connectivity index (χ2v) is 5.87. The third-order valence-corrected chi connectivity index (χ3v) is 4.84. The second kappa shape index (κ2) is 5.11. The van der Waals surface area contributed by atoms with Gasteiger partial charge < -0.3 is 10.4 Å². The number of anilines is 1. The lowest BCUT2D eigenvalue weighted by Gasteiger charge is -2.42. The fourth-order valence-electron chi connectivity index (χ4n) is 2.23. The fourth-order valence-corrected chi connectivity index (χ4v) is 3.47. The van der Waals surface area contributed by atoms with Crippen molar-refractivity contribution in [3.63, 3.8) is 0 Å². The largest absolute Gasteiger partial charge is 0.394 e. The summed E-state index contributed by atoms with van der Waals surface area (Å²) in [5, 5.41) is 13.7. The van der Waals surface area contributed by atoms with Crippen LogP contribution in [0.3, 0.4) is 0 Å². The van der Waals surface area contributed by atoms with Crippen molar-refractivity contribution in [3.8, 4) is 0 Å². The molecule has 2 atom stereocenters.